The Kier molecular flexibility index (Phi) is 7.02. The number of carbonyl (C=O) groups is 1. The summed E-state index contributed by atoms with van der Waals surface area (Å²) in [6.45, 7) is 4.70. The minimum absolute atomic E-state index is 0.0949. The van der Waals surface area contributed by atoms with E-state index in [1.165, 1.54) is 4.31 Å². The van der Waals surface area contributed by atoms with Crippen molar-refractivity contribution in [2.45, 2.75) is 24.7 Å². The van der Waals surface area contributed by atoms with E-state index in [9.17, 15) is 13.2 Å². The predicted octanol–water partition coefficient (Wildman–Crippen LogP) is 2.73. The molecule has 0 bridgehead atoms. The summed E-state index contributed by atoms with van der Waals surface area (Å²) < 4.78 is 36.3. The van der Waals surface area contributed by atoms with Gasteiger partial charge in [-0.2, -0.15) is 13.1 Å². The van der Waals surface area contributed by atoms with Crippen LogP contribution < -0.4 is 10.2 Å². The Morgan fingerprint density at radius 1 is 1.19 bits per heavy atom. The number of nitrogens with zero attached hydrogens (tertiary/aromatic N) is 4. The van der Waals surface area contributed by atoms with Crippen molar-refractivity contribution in [3.63, 3.8) is 0 Å². The number of fused-ring (bicyclic) bond motifs is 1. The molecule has 1 aliphatic heterocycles. The van der Waals surface area contributed by atoms with E-state index in [4.69, 9.17) is 0 Å². The largest absolute Gasteiger partial charge is 0.370 e. The third-order valence-electron chi connectivity index (χ3n) is 5.81. The number of sulfonamides is 1. The molecule has 0 aliphatic carbocycles. The predicted molar refractivity (Wildman–Crippen MR) is 126 cm³/mol. The van der Waals surface area contributed by atoms with Crippen molar-refractivity contribution in [3.8, 4) is 0 Å². The number of piperidine rings is 1. The molecular formula is C22H27N5O3S2. The molecule has 1 aliphatic rings. The van der Waals surface area contributed by atoms with E-state index in [-0.39, 0.29) is 23.3 Å². The lowest BCUT2D eigenvalue weighted by Crippen LogP contribution is -2.46. The lowest BCUT2D eigenvalue weighted by Gasteiger charge is -2.31. The van der Waals surface area contributed by atoms with Crippen LogP contribution in [0.2, 0.25) is 0 Å². The van der Waals surface area contributed by atoms with Crippen LogP contribution in [0, 0.1) is 5.92 Å². The van der Waals surface area contributed by atoms with E-state index in [1.807, 2.05) is 30.3 Å². The van der Waals surface area contributed by atoms with Gasteiger partial charge in [0.05, 0.1) is 17.6 Å². The van der Waals surface area contributed by atoms with Crippen LogP contribution in [0.4, 0.5) is 5.69 Å². The molecular weight excluding hydrogens is 446 g/mol. The molecule has 0 spiro atoms. The molecule has 0 unspecified atom stereocenters. The minimum Gasteiger partial charge on any atom is -0.370 e. The molecule has 0 saturated carbocycles. The van der Waals surface area contributed by atoms with E-state index < -0.39 is 10.0 Å². The maximum absolute atomic E-state index is 13.3. The van der Waals surface area contributed by atoms with E-state index in [2.05, 4.69) is 25.9 Å². The molecule has 1 N–H and O–H groups in total. The standard InChI is InChI=1S/C22H27N5O3S2/c1-2-26(18-9-4-3-5-10-18)15-13-23-22(28)17-8-7-14-27(16-17)32(29,30)20-12-6-11-19-21(20)25-31-24-19/h3-6,9-12,17H,2,7-8,13-16H2,1H3,(H,23,28)/t17-/m0/s1. The van der Waals surface area contributed by atoms with Gasteiger partial charge in [0.15, 0.2) is 0 Å². The van der Waals surface area contributed by atoms with Gasteiger partial charge in [-0.25, -0.2) is 8.42 Å². The summed E-state index contributed by atoms with van der Waals surface area (Å²) in [7, 11) is -3.75. The van der Waals surface area contributed by atoms with Gasteiger partial charge in [-0.15, -0.1) is 0 Å². The first kappa shape index (κ1) is 22.6. The number of likely N-dealkylation sites (N-methyl/N-ethyl adjacent to an activating group) is 1. The fourth-order valence-electron chi connectivity index (χ4n) is 4.07. The Balaban J connectivity index is 1.38. The molecule has 2 heterocycles. The van der Waals surface area contributed by atoms with E-state index in [0.717, 1.165) is 24.0 Å². The fourth-order valence-corrected chi connectivity index (χ4v) is 6.35. The number of benzene rings is 2. The highest BCUT2D eigenvalue weighted by atomic mass is 32.2. The van der Waals surface area contributed by atoms with Gasteiger partial charge in [-0.05, 0) is 44.0 Å². The molecule has 1 saturated heterocycles. The van der Waals surface area contributed by atoms with Crippen molar-refractivity contribution in [1.29, 1.82) is 0 Å². The number of amides is 1. The first-order valence-electron chi connectivity index (χ1n) is 10.8. The minimum atomic E-state index is -3.75. The zero-order valence-electron chi connectivity index (χ0n) is 18.0. The van der Waals surface area contributed by atoms with E-state index in [0.29, 0.717) is 43.5 Å². The maximum Gasteiger partial charge on any atom is 0.245 e. The normalized spacial score (nSPS) is 17.3. The first-order chi connectivity index (χ1) is 15.5. The summed E-state index contributed by atoms with van der Waals surface area (Å²) in [5.74, 6) is -0.458. The smallest absolute Gasteiger partial charge is 0.245 e. The van der Waals surface area contributed by atoms with Crippen LogP contribution in [0.15, 0.2) is 53.4 Å². The lowest BCUT2D eigenvalue weighted by molar-refractivity contribution is -0.126. The summed E-state index contributed by atoms with van der Waals surface area (Å²) in [6, 6.07) is 15.1. The third-order valence-corrected chi connectivity index (χ3v) is 8.25. The van der Waals surface area contributed by atoms with Crippen LogP contribution in [0.1, 0.15) is 19.8 Å². The lowest BCUT2D eigenvalue weighted by atomic mass is 9.99. The molecule has 4 rings (SSSR count). The SMILES string of the molecule is CCN(CCNC(=O)[C@H]1CCCN(S(=O)(=O)c2cccc3nsnc23)C1)c1ccccc1. The average Bonchev–Trinajstić information content (AvgIpc) is 3.31. The van der Waals surface area contributed by atoms with Gasteiger partial charge >= 0.3 is 0 Å². The van der Waals surface area contributed by atoms with Crippen molar-refractivity contribution < 1.29 is 13.2 Å². The molecule has 1 amide bonds. The molecule has 2 aromatic carbocycles. The Morgan fingerprint density at radius 3 is 2.78 bits per heavy atom. The van der Waals surface area contributed by atoms with Crippen LogP contribution in [-0.4, -0.2) is 60.1 Å². The van der Waals surface area contributed by atoms with Crippen molar-refractivity contribution >= 4 is 44.4 Å². The second-order valence-electron chi connectivity index (χ2n) is 7.80. The number of aromatic nitrogens is 2. The van der Waals surface area contributed by atoms with Gasteiger partial charge in [-0.1, -0.05) is 24.3 Å². The average molecular weight is 474 g/mol. The van der Waals surface area contributed by atoms with Crippen molar-refractivity contribution in [1.82, 2.24) is 18.4 Å². The van der Waals surface area contributed by atoms with Crippen LogP contribution >= 0.6 is 11.7 Å². The van der Waals surface area contributed by atoms with Crippen molar-refractivity contribution in [3.05, 3.63) is 48.5 Å². The second kappa shape index (κ2) is 9.93. The molecule has 0 radical (unpaired) electrons. The number of para-hydroxylation sites is 1. The quantitative estimate of drug-likeness (QED) is 0.541. The molecule has 170 valence electrons. The Morgan fingerprint density at radius 2 is 2.00 bits per heavy atom. The number of anilines is 1. The Bertz CT molecular complexity index is 1170. The van der Waals surface area contributed by atoms with Gasteiger partial charge in [0.2, 0.25) is 15.9 Å². The summed E-state index contributed by atoms with van der Waals surface area (Å²) in [6.07, 6.45) is 1.32. The Hall–Kier alpha value is -2.56. The third kappa shape index (κ3) is 4.77. The zero-order valence-corrected chi connectivity index (χ0v) is 19.6. The van der Waals surface area contributed by atoms with E-state index in [1.54, 1.807) is 18.2 Å². The van der Waals surface area contributed by atoms with Gasteiger partial charge in [-0.3, -0.25) is 4.79 Å². The molecule has 3 aromatic rings. The molecule has 1 aromatic heterocycles. The van der Waals surface area contributed by atoms with E-state index >= 15 is 0 Å². The molecule has 10 heteroatoms. The monoisotopic (exact) mass is 473 g/mol. The van der Waals surface area contributed by atoms with Crippen LogP contribution in [0.5, 0.6) is 0 Å². The van der Waals surface area contributed by atoms with Crippen molar-refractivity contribution in [2.75, 3.05) is 37.6 Å². The zero-order chi connectivity index (χ0) is 22.6. The number of nitrogens with one attached hydrogen (secondary N) is 1. The summed E-state index contributed by atoms with van der Waals surface area (Å²) in [4.78, 5) is 15.2. The fraction of sp³-hybridized carbons (Fsp3) is 0.409. The van der Waals surface area contributed by atoms with Crippen LogP contribution in [0.25, 0.3) is 11.0 Å². The highest BCUT2D eigenvalue weighted by Gasteiger charge is 2.34. The highest BCUT2D eigenvalue weighted by molar-refractivity contribution is 7.89. The molecule has 8 nitrogen and oxygen atoms in total. The summed E-state index contributed by atoms with van der Waals surface area (Å²) in [5.41, 5.74) is 2.08. The van der Waals surface area contributed by atoms with Crippen molar-refractivity contribution in [2.24, 2.45) is 5.92 Å². The first-order valence-corrected chi connectivity index (χ1v) is 13.0. The van der Waals surface area contributed by atoms with Gasteiger partial charge < -0.3 is 10.2 Å². The number of rotatable bonds is 8. The summed E-state index contributed by atoms with van der Waals surface area (Å²) >= 11 is 0.996. The second-order valence-corrected chi connectivity index (χ2v) is 10.2. The maximum atomic E-state index is 13.3. The van der Waals surface area contributed by atoms with Crippen LogP contribution in [-0.2, 0) is 14.8 Å². The number of hydrogen-bond donors (Lipinski definition) is 1. The molecule has 1 atom stereocenters. The van der Waals surface area contributed by atoms with Gasteiger partial charge in [0.1, 0.15) is 15.9 Å². The highest BCUT2D eigenvalue weighted by Crippen LogP contribution is 2.28. The summed E-state index contributed by atoms with van der Waals surface area (Å²) in [5, 5.41) is 3.00. The Labute approximate surface area is 192 Å². The van der Waals surface area contributed by atoms with Gasteiger partial charge in [0.25, 0.3) is 0 Å². The van der Waals surface area contributed by atoms with Crippen LogP contribution in [0.3, 0.4) is 0 Å². The molecule has 1 fully saturated rings. The van der Waals surface area contributed by atoms with Gasteiger partial charge in [0, 0.05) is 38.4 Å². The topological polar surface area (TPSA) is 95.5 Å². The molecule has 32 heavy (non-hydrogen) atoms. The number of hydrogen-bond acceptors (Lipinski definition) is 7. The number of carbonyl (C=O) groups excluding carboxylic acids is 1.